The van der Waals surface area contributed by atoms with Crippen LogP contribution in [0, 0.1) is 5.82 Å². The second-order valence-electron chi connectivity index (χ2n) is 6.26. The van der Waals surface area contributed by atoms with Gasteiger partial charge in [-0.3, -0.25) is 4.79 Å². The van der Waals surface area contributed by atoms with Crippen LogP contribution < -0.4 is 5.32 Å². The summed E-state index contributed by atoms with van der Waals surface area (Å²) in [4.78, 5) is 18.3. The van der Waals surface area contributed by atoms with Crippen LogP contribution in [0.15, 0.2) is 77.5 Å². The zero-order valence-corrected chi connectivity index (χ0v) is 16.5. The number of aromatic nitrogens is 1. The molecular weight excluding hydrogens is 391 g/mol. The quantitative estimate of drug-likeness (QED) is 0.460. The normalized spacial score (nSPS) is 11.9. The molecule has 3 nitrogen and oxygen atoms in total. The van der Waals surface area contributed by atoms with Crippen molar-refractivity contribution < 1.29 is 9.18 Å². The minimum Gasteiger partial charge on any atom is -0.344 e. The predicted octanol–water partition coefficient (Wildman–Crippen LogP) is 5.46. The van der Waals surface area contributed by atoms with E-state index >= 15 is 0 Å². The first-order valence-corrected chi connectivity index (χ1v) is 10.5. The van der Waals surface area contributed by atoms with Crippen LogP contribution in [-0.4, -0.2) is 10.9 Å². The summed E-state index contributed by atoms with van der Waals surface area (Å²) in [6, 6.07) is 20.0. The molecule has 1 amide bonds. The van der Waals surface area contributed by atoms with Crippen molar-refractivity contribution in [3.05, 3.63) is 99.4 Å². The van der Waals surface area contributed by atoms with Crippen LogP contribution >= 0.6 is 22.7 Å². The first kappa shape index (κ1) is 18.5. The Labute approximate surface area is 170 Å². The molecule has 1 N–H and O–H groups in total. The molecule has 6 heteroatoms. The van der Waals surface area contributed by atoms with Gasteiger partial charge in [0.2, 0.25) is 5.91 Å². The number of carbonyl (C=O) groups excluding carboxylic acids is 1. The molecule has 0 fully saturated rings. The van der Waals surface area contributed by atoms with E-state index in [0.29, 0.717) is 10.7 Å². The molecule has 1 atom stereocenters. The highest BCUT2D eigenvalue weighted by molar-refractivity contribution is 7.13. The zero-order valence-electron chi connectivity index (χ0n) is 14.8. The van der Waals surface area contributed by atoms with Gasteiger partial charge in [-0.05, 0) is 29.1 Å². The molecule has 0 saturated carbocycles. The number of hydrogen-bond acceptors (Lipinski definition) is 4. The Hall–Kier alpha value is -2.83. The Bertz CT molecular complexity index is 1060. The van der Waals surface area contributed by atoms with Gasteiger partial charge in [-0.25, -0.2) is 9.37 Å². The van der Waals surface area contributed by atoms with Gasteiger partial charge in [0.05, 0.1) is 18.2 Å². The van der Waals surface area contributed by atoms with Gasteiger partial charge in [0, 0.05) is 15.8 Å². The summed E-state index contributed by atoms with van der Waals surface area (Å²) in [5, 5.41) is 7.68. The van der Waals surface area contributed by atoms with Gasteiger partial charge in [-0.1, -0.05) is 48.5 Å². The zero-order chi connectivity index (χ0) is 19.3. The van der Waals surface area contributed by atoms with Gasteiger partial charge >= 0.3 is 0 Å². The van der Waals surface area contributed by atoms with E-state index in [1.54, 1.807) is 17.4 Å². The van der Waals surface area contributed by atoms with E-state index in [1.807, 2.05) is 59.3 Å². The molecular formula is C22H17FN2OS2. The molecule has 0 aliphatic heterocycles. The minimum absolute atomic E-state index is 0.0988. The van der Waals surface area contributed by atoms with E-state index in [-0.39, 0.29) is 24.2 Å². The Morgan fingerprint density at radius 2 is 1.89 bits per heavy atom. The number of nitrogens with one attached hydrogen (secondary N) is 1. The molecule has 4 rings (SSSR count). The van der Waals surface area contributed by atoms with Crippen molar-refractivity contribution in [2.24, 2.45) is 0 Å². The van der Waals surface area contributed by atoms with Crippen LogP contribution in [0.2, 0.25) is 0 Å². The number of rotatable bonds is 6. The lowest BCUT2D eigenvalue weighted by Gasteiger charge is -2.17. The Kier molecular flexibility index (Phi) is 5.60. The highest BCUT2D eigenvalue weighted by atomic mass is 32.1. The maximum Gasteiger partial charge on any atom is 0.226 e. The fraction of sp³-hybridized carbons (Fsp3) is 0.0909. The molecule has 0 saturated heterocycles. The summed E-state index contributed by atoms with van der Waals surface area (Å²) < 4.78 is 13.4. The van der Waals surface area contributed by atoms with Gasteiger partial charge in [-0.2, -0.15) is 0 Å². The fourth-order valence-corrected chi connectivity index (χ4v) is 4.56. The largest absolute Gasteiger partial charge is 0.344 e. The molecule has 0 bridgehead atoms. The third kappa shape index (κ3) is 4.35. The molecule has 2 heterocycles. The van der Waals surface area contributed by atoms with Crippen LogP contribution in [0.4, 0.5) is 4.39 Å². The summed E-state index contributed by atoms with van der Waals surface area (Å²) >= 11 is 3.02. The lowest BCUT2D eigenvalue weighted by molar-refractivity contribution is -0.120. The van der Waals surface area contributed by atoms with Crippen LogP contribution in [-0.2, 0) is 11.2 Å². The lowest BCUT2D eigenvalue weighted by Crippen LogP contribution is -2.30. The first-order valence-electron chi connectivity index (χ1n) is 8.77. The summed E-state index contributed by atoms with van der Waals surface area (Å²) in [6.07, 6.45) is 0.181. The van der Waals surface area contributed by atoms with Gasteiger partial charge in [-0.15, -0.1) is 22.7 Å². The number of halogens is 1. The van der Waals surface area contributed by atoms with E-state index in [2.05, 4.69) is 10.3 Å². The second kappa shape index (κ2) is 8.46. The minimum atomic E-state index is -0.298. The molecule has 140 valence electrons. The summed E-state index contributed by atoms with van der Waals surface area (Å²) in [6.45, 7) is 0. The summed E-state index contributed by atoms with van der Waals surface area (Å²) in [5.74, 6) is -0.396. The van der Waals surface area contributed by atoms with Crippen molar-refractivity contribution in [2.45, 2.75) is 12.5 Å². The van der Waals surface area contributed by atoms with Crippen molar-refractivity contribution >= 4 is 28.6 Å². The number of carbonyl (C=O) groups is 1. The third-order valence-corrected chi connectivity index (χ3v) is 6.11. The van der Waals surface area contributed by atoms with E-state index in [9.17, 15) is 9.18 Å². The fourth-order valence-electron chi connectivity index (χ4n) is 2.94. The number of thiazole rings is 1. The smallest absolute Gasteiger partial charge is 0.226 e. The number of nitrogens with zero attached hydrogens (tertiary/aromatic N) is 1. The van der Waals surface area contributed by atoms with Crippen LogP contribution in [0.5, 0.6) is 0 Å². The van der Waals surface area contributed by atoms with Gasteiger partial charge in [0.1, 0.15) is 10.8 Å². The van der Waals surface area contributed by atoms with Crippen LogP contribution in [0.1, 0.15) is 22.2 Å². The molecule has 0 spiro atoms. The Morgan fingerprint density at radius 1 is 1.04 bits per heavy atom. The number of amides is 1. The van der Waals surface area contributed by atoms with Gasteiger partial charge < -0.3 is 5.32 Å². The van der Waals surface area contributed by atoms with Crippen molar-refractivity contribution in [3.63, 3.8) is 0 Å². The predicted molar refractivity (Wildman–Crippen MR) is 112 cm³/mol. The topological polar surface area (TPSA) is 42.0 Å². The maximum atomic E-state index is 13.4. The number of hydrogen-bond donors (Lipinski definition) is 1. The Balaban J connectivity index is 1.49. The molecule has 1 unspecified atom stereocenters. The van der Waals surface area contributed by atoms with Gasteiger partial charge in [0.25, 0.3) is 0 Å². The monoisotopic (exact) mass is 408 g/mol. The third-order valence-electron chi connectivity index (χ3n) is 4.23. The average molecular weight is 409 g/mol. The molecule has 28 heavy (non-hydrogen) atoms. The molecule has 2 aromatic carbocycles. The lowest BCUT2D eigenvalue weighted by atomic mass is 10.1. The summed E-state index contributed by atoms with van der Waals surface area (Å²) in [5.41, 5.74) is 2.44. The standard InChI is InChI=1S/C22H17FN2OS2/c23-17-9-4-8-16(12-17)22-24-18(14-28-22)13-20(26)25-21(19-10-5-11-27-19)15-6-2-1-3-7-15/h1-12,14,21H,13H2,(H,25,26). The number of benzene rings is 2. The molecule has 0 radical (unpaired) electrons. The molecule has 4 aromatic rings. The van der Waals surface area contributed by atoms with Crippen molar-refractivity contribution in [2.75, 3.05) is 0 Å². The Morgan fingerprint density at radius 3 is 2.64 bits per heavy atom. The highest BCUT2D eigenvalue weighted by Crippen LogP contribution is 2.27. The molecule has 2 aromatic heterocycles. The van der Waals surface area contributed by atoms with Crippen molar-refractivity contribution in [1.29, 1.82) is 0 Å². The van der Waals surface area contributed by atoms with E-state index in [1.165, 1.54) is 23.5 Å². The summed E-state index contributed by atoms with van der Waals surface area (Å²) in [7, 11) is 0. The van der Waals surface area contributed by atoms with Gasteiger partial charge in [0.15, 0.2) is 0 Å². The van der Waals surface area contributed by atoms with Crippen molar-refractivity contribution in [3.8, 4) is 10.6 Å². The van der Waals surface area contributed by atoms with E-state index < -0.39 is 0 Å². The number of thiophene rings is 1. The van der Waals surface area contributed by atoms with Crippen molar-refractivity contribution in [1.82, 2.24) is 10.3 Å². The highest BCUT2D eigenvalue weighted by Gasteiger charge is 2.18. The van der Waals surface area contributed by atoms with E-state index in [4.69, 9.17) is 0 Å². The average Bonchev–Trinajstić information content (AvgIpc) is 3.39. The van der Waals surface area contributed by atoms with E-state index in [0.717, 1.165) is 16.0 Å². The maximum absolute atomic E-state index is 13.4. The van der Waals surface area contributed by atoms with Crippen LogP contribution in [0.25, 0.3) is 10.6 Å². The SMILES string of the molecule is O=C(Cc1csc(-c2cccc(F)c2)n1)NC(c1ccccc1)c1cccs1. The molecule has 0 aliphatic carbocycles. The first-order chi connectivity index (χ1) is 13.7. The molecule has 0 aliphatic rings. The van der Waals surface area contributed by atoms with Crippen LogP contribution in [0.3, 0.4) is 0 Å². The second-order valence-corrected chi connectivity index (χ2v) is 8.10.